The number of carbonyl (C=O) groups is 1. The van der Waals surface area contributed by atoms with E-state index in [-0.39, 0.29) is 6.42 Å². The van der Waals surface area contributed by atoms with Crippen LogP contribution in [0.3, 0.4) is 0 Å². The molecule has 1 heterocycles. The first-order chi connectivity index (χ1) is 6.61. The number of hydrogen-bond donors (Lipinski definition) is 4. The average molecular weight is 206 g/mol. The monoisotopic (exact) mass is 206 g/mol. The van der Waals surface area contributed by atoms with E-state index in [1.807, 2.05) is 0 Å². The van der Waals surface area contributed by atoms with E-state index in [1.54, 1.807) is 0 Å². The first kappa shape index (κ1) is 11.5. The summed E-state index contributed by atoms with van der Waals surface area (Å²) >= 11 is 0. The maximum Gasteiger partial charge on any atom is 0.122 e. The molecule has 6 nitrogen and oxygen atoms in total. The molecule has 14 heavy (non-hydrogen) atoms. The van der Waals surface area contributed by atoms with Crippen LogP contribution in [0.4, 0.5) is 0 Å². The van der Waals surface area contributed by atoms with Crippen LogP contribution < -0.4 is 0 Å². The molecule has 4 N–H and O–H groups in total. The van der Waals surface area contributed by atoms with Gasteiger partial charge in [0, 0.05) is 6.42 Å². The molecule has 0 aromatic rings. The number of carbonyl (C=O) groups excluding carboxylic acids is 1. The van der Waals surface area contributed by atoms with Crippen molar-refractivity contribution in [3.63, 3.8) is 0 Å². The summed E-state index contributed by atoms with van der Waals surface area (Å²) < 4.78 is 5.03. The summed E-state index contributed by atoms with van der Waals surface area (Å²) in [5.41, 5.74) is 0. The van der Waals surface area contributed by atoms with E-state index in [1.165, 1.54) is 0 Å². The first-order valence-corrected chi connectivity index (χ1v) is 4.36. The van der Waals surface area contributed by atoms with Crippen LogP contribution in [-0.4, -0.2) is 63.8 Å². The molecule has 0 aromatic carbocycles. The number of aliphatic hydroxyl groups excluding tert-OH is 4. The number of aldehydes is 1. The summed E-state index contributed by atoms with van der Waals surface area (Å²) in [5, 5.41) is 36.8. The topological polar surface area (TPSA) is 107 Å². The molecule has 0 saturated carbocycles. The number of hydrogen-bond acceptors (Lipinski definition) is 6. The molecule has 82 valence electrons. The summed E-state index contributed by atoms with van der Waals surface area (Å²) in [6, 6.07) is 0. The van der Waals surface area contributed by atoms with E-state index < -0.39 is 37.1 Å². The fourth-order valence-corrected chi connectivity index (χ4v) is 1.47. The summed E-state index contributed by atoms with van der Waals surface area (Å²) in [6.45, 7) is -0.472. The van der Waals surface area contributed by atoms with Gasteiger partial charge in [-0.2, -0.15) is 0 Å². The van der Waals surface area contributed by atoms with Gasteiger partial charge in [0.25, 0.3) is 0 Å². The van der Waals surface area contributed by atoms with Crippen molar-refractivity contribution in [2.24, 2.45) is 0 Å². The van der Waals surface area contributed by atoms with Crippen LogP contribution in [0.5, 0.6) is 0 Å². The van der Waals surface area contributed by atoms with Gasteiger partial charge >= 0.3 is 0 Å². The molecule has 1 aliphatic heterocycles. The Morgan fingerprint density at radius 2 is 1.64 bits per heavy atom. The van der Waals surface area contributed by atoms with Gasteiger partial charge in [0.05, 0.1) is 12.7 Å². The second-order valence-corrected chi connectivity index (χ2v) is 3.27. The van der Waals surface area contributed by atoms with Gasteiger partial charge in [0.2, 0.25) is 0 Å². The molecule has 1 rings (SSSR count). The van der Waals surface area contributed by atoms with Gasteiger partial charge in [-0.05, 0) is 0 Å². The lowest BCUT2D eigenvalue weighted by atomic mass is 9.94. The second-order valence-electron chi connectivity index (χ2n) is 3.27. The lowest BCUT2D eigenvalue weighted by Crippen LogP contribution is -2.58. The lowest BCUT2D eigenvalue weighted by molar-refractivity contribution is -0.228. The van der Waals surface area contributed by atoms with E-state index in [0.29, 0.717) is 6.29 Å². The van der Waals surface area contributed by atoms with E-state index in [4.69, 9.17) is 9.84 Å². The Hall–Kier alpha value is -0.530. The van der Waals surface area contributed by atoms with E-state index >= 15 is 0 Å². The maximum absolute atomic E-state index is 10.2. The molecule has 0 bridgehead atoms. The van der Waals surface area contributed by atoms with Crippen LogP contribution in [0.15, 0.2) is 0 Å². The van der Waals surface area contributed by atoms with Crippen molar-refractivity contribution in [3.8, 4) is 0 Å². The third-order valence-electron chi connectivity index (χ3n) is 2.32. The highest BCUT2D eigenvalue weighted by Gasteiger charge is 2.42. The van der Waals surface area contributed by atoms with Crippen LogP contribution in [0.25, 0.3) is 0 Å². The first-order valence-electron chi connectivity index (χ1n) is 4.36. The minimum atomic E-state index is -1.40. The summed E-state index contributed by atoms with van der Waals surface area (Å²) in [4.78, 5) is 10.2. The number of ether oxygens (including phenoxy) is 1. The quantitative estimate of drug-likeness (QED) is 0.378. The van der Waals surface area contributed by atoms with Crippen LogP contribution >= 0.6 is 0 Å². The predicted molar refractivity (Wildman–Crippen MR) is 44.4 cm³/mol. The fourth-order valence-electron chi connectivity index (χ4n) is 1.47. The van der Waals surface area contributed by atoms with Gasteiger partial charge in [-0.25, -0.2) is 0 Å². The molecule has 2 unspecified atom stereocenters. The van der Waals surface area contributed by atoms with Crippen molar-refractivity contribution in [2.75, 3.05) is 6.61 Å². The standard InChI is InChI=1S/C8H14O6/c9-2-1-4-6(11)8(13)7(12)5(3-10)14-4/h2,4-8,10-13H,1,3H2/t4-,5+,6+,7?,8?/m0/s1. The minimum absolute atomic E-state index is 0.0819. The Morgan fingerprint density at radius 1 is 1.07 bits per heavy atom. The molecule has 1 saturated heterocycles. The Kier molecular flexibility index (Phi) is 3.97. The third kappa shape index (κ3) is 2.10. The van der Waals surface area contributed by atoms with Gasteiger partial charge in [0.15, 0.2) is 0 Å². The van der Waals surface area contributed by atoms with Crippen LogP contribution in [0, 0.1) is 0 Å². The van der Waals surface area contributed by atoms with Gasteiger partial charge in [-0.3, -0.25) is 0 Å². The molecule has 0 radical (unpaired) electrons. The fraction of sp³-hybridized carbons (Fsp3) is 0.875. The minimum Gasteiger partial charge on any atom is -0.394 e. The smallest absolute Gasteiger partial charge is 0.122 e. The molecule has 0 spiro atoms. The van der Waals surface area contributed by atoms with E-state index in [9.17, 15) is 20.1 Å². The molecule has 1 fully saturated rings. The van der Waals surface area contributed by atoms with E-state index in [2.05, 4.69) is 0 Å². The molecule has 5 atom stereocenters. The molecule has 6 heteroatoms. The van der Waals surface area contributed by atoms with E-state index in [0.717, 1.165) is 0 Å². The number of aliphatic hydroxyl groups is 4. The van der Waals surface area contributed by atoms with Gasteiger partial charge in [-0.15, -0.1) is 0 Å². The SMILES string of the molecule is O=CC[C@@H]1O[C@H](CO)C(O)C(O)[C@@H]1O. The Balaban J connectivity index is 2.67. The van der Waals surface area contributed by atoms with Crippen LogP contribution in [0.2, 0.25) is 0 Å². The molecule has 1 aliphatic rings. The van der Waals surface area contributed by atoms with Crippen molar-refractivity contribution < 1.29 is 30.0 Å². The summed E-state index contributed by atoms with van der Waals surface area (Å²) in [5.74, 6) is 0. The Bertz CT molecular complexity index is 194. The highest BCUT2D eigenvalue weighted by molar-refractivity contribution is 5.50. The predicted octanol–water partition coefficient (Wildman–Crippen LogP) is -2.58. The zero-order chi connectivity index (χ0) is 10.7. The third-order valence-corrected chi connectivity index (χ3v) is 2.32. The lowest BCUT2D eigenvalue weighted by Gasteiger charge is -2.39. The Morgan fingerprint density at radius 3 is 2.14 bits per heavy atom. The van der Waals surface area contributed by atoms with Gasteiger partial charge in [0.1, 0.15) is 30.7 Å². The van der Waals surface area contributed by atoms with Crippen molar-refractivity contribution in [3.05, 3.63) is 0 Å². The largest absolute Gasteiger partial charge is 0.394 e. The highest BCUT2D eigenvalue weighted by atomic mass is 16.5. The van der Waals surface area contributed by atoms with Gasteiger partial charge < -0.3 is 30.0 Å². The molecule has 0 amide bonds. The Labute approximate surface area is 80.7 Å². The maximum atomic E-state index is 10.2. The van der Waals surface area contributed by atoms with Crippen LogP contribution in [-0.2, 0) is 9.53 Å². The molecular formula is C8H14O6. The summed E-state index contributed by atoms with van der Waals surface area (Å²) in [6.07, 6.45) is -5.41. The molecular weight excluding hydrogens is 192 g/mol. The highest BCUT2D eigenvalue weighted by Crippen LogP contribution is 2.22. The normalized spacial score (nSPS) is 43.6. The van der Waals surface area contributed by atoms with Crippen molar-refractivity contribution in [2.45, 2.75) is 36.9 Å². The molecule has 0 aliphatic carbocycles. The van der Waals surface area contributed by atoms with Crippen molar-refractivity contribution in [1.29, 1.82) is 0 Å². The average Bonchev–Trinajstić information content (AvgIpc) is 2.19. The van der Waals surface area contributed by atoms with Crippen molar-refractivity contribution in [1.82, 2.24) is 0 Å². The molecule has 0 aromatic heterocycles. The van der Waals surface area contributed by atoms with Crippen molar-refractivity contribution >= 4 is 6.29 Å². The number of rotatable bonds is 3. The summed E-state index contributed by atoms with van der Waals surface area (Å²) in [7, 11) is 0. The zero-order valence-electron chi connectivity index (χ0n) is 7.48. The zero-order valence-corrected chi connectivity index (χ0v) is 7.48. The van der Waals surface area contributed by atoms with Crippen LogP contribution in [0.1, 0.15) is 6.42 Å². The second kappa shape index (κ2) is 4.81. The van der Waals surface area contributed by atoms with Gasteiger partial charge in [-0.1, -0.05) is 0 Å².